The molecule has 1 saturated heterocycles. The van der Waals surface area contributed by atoms with Crippen LogP contribution >= 0.6 is 11.3 Å². The van der Waals surface area contributed by atoms with Gasteiger partial charge >= 0.3 is 5.97 Å². The van der Waals surface area contributed by atoms with Crippen LogP contribution in [0.4, 0.5) is 5.13 Å². The Hall–Kier alpha value is -1.17. The van der Waals surface area contributed by atoms with Gasteiger partial charge < -0.3 is 10.0 Å². The number of nitrogens with zero attached hydrogens (tertiary/aromatic N) is 3. The van der Waals surface area contributed by atoms with Crippen LogP contribution in [-0.2, 0) is 4.79 Å². The molecule has 0 aliphatic carbocycles. The third-order valence-corrected chi connectivity index (χ3v) is 3.97. The van der Waals surface area contributed by atoms with Crippen molar-refractivity contribution in [1.82, 2.24) is 10.2 Å². The first-order valence-electron chi connectivity index (χ1n) is 5.42. The van der Waals surface area contributed by atoms with E-state index in [0.717, 1.165) is 23.1 Å². The maximum Gasteiger partial charge on any atom is 0.326 e. The van der Waals surface area contributed by atoms with Crippen molar-refractivity contribution in [2.45, 2.75) is 38.6 Å². The van der Waals surface area contributed by atoms with Gasteiger partial charge in [-0.1, -0.05) is 25.2 Å². The van der Waals surface area contributed by atoms with Crippen LogP contribution in [0.2, 0.25) is 0 Å². The summed E-state index contributed by atoms with van der Waals surface area (Å²) in [5, 5.41) is 19.0. The standard InChI is InChI=1S/C10H15N3O2S/c1-6(2)8-11-12-10(16-8)13-5-3-4-7(13)9(14)15/h6-7H,3-5H2,1-2H3,(H,14,15). The number of carbonyl (C=O) groups is 1. The average Bonchev–Trinajstić information content (AvgIpc) is 2.86. The van der Waals surface area contributed by atoms with Crippen molar-refractivity contribution in [2.24, 2.45) is 0 Å². The molecule has 1 unspecified atom stereocenters. The van der Waals surface area contributed by atoms with Crippen molar-refractivity contribution in [3.05, 3.63) is 5.01 Å². The van der Waals surface area contributed by atoms with Crippen molar-refractivity contribution in [2.75, 3.05) is 11.4 Å². The molecule has 1 aromatic heterocycles. The van der Waals surface area contributed by atoms with E-state index in [1.165, 1.54) is 11.3 Å². The molecule has 2 heterocycles. The van der Waals surface area contributed by atoms with Gasteiger partial charge in [-0.25, -0.2) is 4.79 Å². The van der Waals surface area contributed by atoms with E-state index in [4.69, 9.17) is 5.11 Å². The average molecular weight is 241 g/mol. The number of aromatic nitrogens is 2. The highest BCUT2D eigenvalue weighted by atomic mass is 32.1. The molecule has 0 bridgehead atoms. The van der Waals surface area contributed by atoms with Crippen molar-refractivity contribution < 1.29 is 9.90 Å². The van der Waals surface area contributed by atoms with Crippen molar-refractivity contribution >= 4 is 22.4 Å². The Morgan fingerprint density at radius 3 is 2.88 bits per heavy atom. The second-order valence-corrected chi connectivity index (χ2v) is 5.25. The predicted molar refractivity (Wildman–Crippen MR) is 62.0 cm³/mol. The fraction of sp³-hybridized carbons (Fsp3) is 0.700. The maximum absolute atomic E-state index is 11.0. The molecule has 1 aromatic rings. The summed E-state index contributed by atoms with van der Waals surface area (Å²) in [5.41, 5.74) is 0. The zero-order valence-electron chi connectivity index (χ0n) is 9.38. The smallest absolute Gasteiger partial charge is 0.326 e. The molecular formula is C10H15N3O2S. The van der Waals surface area contributed by atoms with Crippen LogP contribution in [0.3, 0.4) is 0 Å². The quantitative estimate of drug-likeness (QED) is 0.872. The van der Waals surface area contributed by atoms with E-state index in [0.29, 0.717) is 12.3 Å². The summed E-state index contributed by atoms with van der Waals surface area (Å²) in [5.74, 6) is -0.420. The third-order valence-electron chi connectivity index (χ3n) is 2.71. The molecule has 1 fully saturated rings. The molecule has 1 N–H and O–H groups in total. The van der Waals surface area contributed by atoms with Crippen LogP contribution in [0.5, 0.6) is 0 Å². The molecule has 5 nitrogen and oxygen atoms in total. The van der Waals surface area contributed by atoms with E-state index < -0.39 is 12.0 Å². The highest BCUT2D eigenvalue weighted by Crippen LogP contribution is 2.30. The Morgan fingerprint density at radius 2 is 2.31 bits per heavy atom. The van der Waals surface area contributed by atoms with Crippen molar-refractivity contribution in [1.29, 1.82) is 0 Å². The Labute approximate surface area is 98.1 Å². The lowest BCUT2D eigenvalue weighted by atomic mass is 10.2. The number of hydrogen-bond donors (Lipinski definition) is 1. The summed E-state index contributed by atoms with van der Waals surface area (Å²) in [6.07, 6.45) is 1.61. The van der Waals surface area contributed by atoms with Gasteiger partial charge in [-0.15, -0.1) is 10.2 Å². The lowest BCUT2D eigenvalue weighted by molar-refractivity contribution is -0.138. The van der Waals surface area contributed by atoms with Gasteiger partial charge in [0.25, 0.3) is 0 Å². The number of carboxylic acid groups (broad SMARTS) is 1. The van der Waals surface area contributed by atoms with E-state index in [2.05, 4.69) is 24.0 Å². The molecule has 2 rings (SSSR count). The number of carboxylic acids is 1. The Morgan fingerprint density at radius 1 is 1.56 bits per heavy atom. The maximum atomic E-state index is 11.0. The number of aliphatic carboxylic acids is 1. The van der Waals surface area contributed by atoms with E-state index in [1.54, 1.807) is 0 Å². The molecule has 1 aliphatic heterocycles. The molecule has 1 aliphatic rings. The molecule has 0 aromatic carbocycles. The molecule has 1 atom stereocenters. The van der Waals surface area contributed by atoms with Crippen LogP contribution in [0.1, 0.15) is 37.6 Å². The minimum atomic E-state index is -0.765. The molecule has 0 spiro atoms. The zero-order chi connectivity index (χ0) is 11.7. The largest absolute Gasteiger partial charge is 0.480 e. The van der Waals surface area contributed by atoms with Gasteiger partial charge in [0.15, 0.2) is 0 Å². The van der Waals surface area contributed by atoms with Crippen molar-refractivity contribution in [3.63, 3.8) is 0 Å². The molecule has 6 heteroatoms. The van der Waals surface area contributed by atoms with Crippen molar-refractivity contribution in [3.8, 4) is 0 Å². The predicted octanol–water partition coefficient (Wildman–Crippen LogP) is 1.71. The Balaban J connectivity index is 2.19. The van der Waals surface area contributed by atoms with E-state index in [1.807, 2.05) is 4.90 Å². The first-order valence-corrected chi connectivity index (χ1v) is 6.24. The van der Waals surface area contributed by atoms with Gasteiger partial charge in [-0.2, -0.15) is 0 Å². The SMILES string of the molecule is CC(C)c1nnc(N2CCCC2C(=O)O)s1. The summed E-state index contributed by atoms with van der Waals surface area (Å²) < 4.78 is 0. The van der Waals surface area contributed by atoms with Crippen LogP contribution in [0, 0.1) is 0 Å². The van der Waals surface area contributed by atoms with Crippen LogP contribution < -0.4 is 4.90 Å². The van der Waals surface area contributed by atoms with Gasteiger partial charge in [0, 0.05) is 12.5 Å². The van der Waals surface area contributed by atoms with Crippen LogP contribution in [0.25, 0.3) is 0 Å². The number of anilines is 1. The number of hydrogen-bond acceptors (Lipinski definition) is 5. The topological polar surface area (TPSA) is 66.3 Å². The highest BCUT2D eigenvalue weighted by Gasteiger charge is 2.32. The Kier molecular flexibility index (Phi) is 3.09. The summed E-state index contributed by atoms with van der Waals surface area (Å²) >= 11 is 1.50. The monoisotopic (exact) mass is 241 g/mol. The van der Waals surface area contributed by atoms with E-state index in [9.17, 15) is 4.79 Å². The van der Waals surface area contributed by atoms with Gasteiger partial charge in [-0.3, -0.25) is 0 Å². The Bertz CT molecular complexity index is 391. The van der Waals surface area contributed by atoms with Crippen LogP contribution in [0.15, 0.2) is 0 Å². The third kappa shape index (κ3) is 2.02. The summed E-state index contributed by atoms with van der Waals surface area (Å²) in [7, 11) is 0. The minimum Gasteiger partial charge on any atom is -0.480 e. The lowest BCUT2D eigenvalue weighted by Crippen LogP contribution is -2.35. The first-order chi connectivity index (χ1) is 7.59. The van der Waals surface area contributed by atoms with Gasteiger partial charge in [-0.05, 0) is 12.8 Å². The molecule has 16 heavy (non-hydrogen) atoms. The molecule has 0 amide bonds. The second kappa shape index (κ2) is 4.37. The summed E-state index contributed by atoms with van der Waals surface area (Å²) in [6, 6.07) is -0.423. The fourth-order valence-electron chi connectivity index (χ4n) is 1.83. The first kappa shape index (κ1) is 11.3. The normalized spacial score (nSPS) is 20.7. The minimum absolute atomic E-state index is 0.345. The summed E-state index contributed by atoms with van der Waals surface area (Å²) in [6.45, 7) is 4.88. The molecular weight excluding hydrogens is 226 g/mol. The molecule has 88 valence electrons. The van der Waals surface area contributed by atoms with Crippen LogP contribution in [-0.4, -0.2) is 33.9 Å². The van der Waals surface area contributed by atoms with Gasteiger partial charge in [0.2, 0.25) is 5.13 Å². The second-order valence-electron chi connectivity index (χ2n) is 4.27. The van der Waals surface area contributed by atoms with Gasteiger partial charge in [0.05, 0.1) is 0 Å². The van der Waals surface area contributed by atoms with E-state index >= 15 is 0 Å². The molecule has 0 radical (unpaired) electrons. The highest BCUT2D eigenvalue weighted by molar-refractivity contribution is 7.15. The fourth-order valence-corrected chi connectivity index (χ4v) is 2.75. The van der Waals surface area contributed by atoms with E-state index in [-0.39, 0.29) is 0 Å². The van der Waals surface area contributed by atoms with Gasteiger partial charge in [0.1, 0.15) is 11.0 Å². The molecule has 0 saturated carbocycles. The zero-order valence-corrected chi connectivity index (χ0v) is 10.2. The summed E-state index contributed by atoms with van der Waals surface area (Å²) in [4.78, 5) is 12.9. The lowest BCUT2D eigenvalue weighted by Gasteiger charge is -2.19. The number of rotatable bonds is 3.